The average Bonchev–Trinajstić information content (AvgIpc) is 3.65. The zero-order chi connectivity index (χ0) is 31.2. The van der Waals surface area contributed by atoms with Crippen molar-refractivity contribution in [3.8, 4) is 17.2 Å². The fourth-order valence-electron chi connectivity index (χ4n) is 4.82. The number of hydrazone groups is 1. The van der Waals surface area contributed by atoms with Gasteiger partial charge in [0, 0.05) is 24.6 Å². The Morgan fingerprint density at radius 2 is 1.77 bits per heavy atom. The maximum Gasteiger partial charge on any atom is 0.253 e. The lowest BCUT2D eigenvalue weighted by Crippen LogP contribution is -2.29. The first-order valence-electron chi connectivity index (χ1n) is 13.6. The number of benzene rings is 3. The number of carbonyl (C=O) groups excluding carboxylic acids is 2. The number of aromatic nitrogens is 3. The summed E-state index contributed by atoms with van der Waals surface area (Å²) in [6.07, 6.45) is 0.464. The van der Waals surface area contributed by atoms with Crippen LogP contribution in [0, 0.1) is 5.82 Å². The Kier molecular flexibility index (Phi) is 9.44. The molecule has 4 aromatic rings. The first-order chi connectivity index (χ1) is 21.3. The Bertz CT molecular complexity index is 1690. The molecular formula is C31H31FN6O5S. The van der Waals surface area contributed by atoms with E-state index < -0.39 is 17.8 Å². The summed E-state index contributed by atoms with van der Waals surface area (Å²) in [7, 11) is 6.48. The van der Waals surface area contributed by atoms with Gasteiger partial charge in [-0.05, 0) is 54.1 Å². The van der Waals surface area contributed by atoms with Crippen molar-refractivity contribution in [1.29, 1.82) is 0 Å². The number of nitrogens with zero attached hydrogens (tertiary/aromatic N) is 5. The predicted molar refractivity (Wildman–Crippen MR) is 163 cm³/mol. The molecule has 0 saturated carbocycles. The molecule has 0 unspecified atom stereocenters. The Morgan fingerprint density at radius 1 is 1.00 bits per heavy atom. The SMILES string of the molecule is COc1ccc(C2=NN(C(=O)CSc3nnc(CNC(=O)c4cccc(F)c4)n3C)[C@H](c3cccc(OC)c3OC)C2)cc1. The molecule has 5 rings (SSSR count). The second-order valence-corrected chi connectivity index (χ2v) is 10.7. The van der Waals surface area contributed by atoms with Crippen LogP contribution in [0.25, 0.3) is 0 Å². The van der Waals surface area contributed by atoms with Crippen molar-refractivity contribution in [3.63, 3.8) is 0 Å². The number of halogens is 1. The molecule has 1 aromatic heterocycles. The molecule has 0 saturated heterocycles. The van der Waals surface area contributed by atoms with Gasteiger partial charge >= 0.3 is 0 Å². The number of para-hydroxylation sites is 1. The molecule has 1 atom stereocenters. The van der Waals surface area contributed by atoms with Gasteiger partial charge in [-0.15, -0.1) is 10.2 Å². The minimum Gasteiger partial charge on any atom is -0.497 e. The van der Waals surface area contributed by atoms with Crippen molar-refractivity contribution in [2.45, 2.75) is 24.2 Å². The summed E-state index contributed by atoms with van der Waals surface area (Å²) in [4.78, 5) is 26.1. The fraction of sp³-hybridized carbons (Fsp3) is 0.258. The lowest BCUT2D eigenvalue weighted by atomic mass is 9.97. The van der Waals surface area contributed by atoms with Gasteiger partial charge in [0.2, 0.25) is 0 Å². The lowest BCUT2D eigenvalue weighted by Gasteiger charge is -2.24. The minimum absolute atomic E-state index is 0.0315. The lowest BCUT2D eigenvalue weighted by molar-refractivity contribution is -0.130. The largest absolute Gasteiger partial charge is 0.497 e. The summed E-state index contributed by atoms with van der Waals surface area (Å²) in [6.45, 7) is 0.0761. The van der Waals surface area contributed by atoms with E-state index in [2.05, 4.69) is 15.5 Å². The summed E-state index contributed by atoms with van der Waals surface area (Å²) >= 11 is 1.21. The monoisotopic (exact) mass is 618 g/mol. The van der Waals surface area contributed by atoms with Gasteiger partial charge in [0.25, 0.3) is 11.8 Å². The van der Waals surface area contributed by atoms with Crippen molar-refractivity contribution >= 4 is 29.3 Å². The second kappa shape index (κ2) is 13.6. The normalized spacial score (nSPS) is 14.2. The molecule has 0 radical (unpaired) electrons. The number of amides is 2. The zero-order valence-electron chi connectivity index (χ0n) is 24.6. The molecule has 1 aliphatic rings. The average molecular weight is 619 g/mol. The molecule has 11 nitrogen and oxygen atoms in total. The second-order valence-electron chi connectivity index (χ2n) is 9.76. The standard InChI is InChI=1S/C31H31FN6O5S/c1-37-27(17-33-30(40)20-7-5-8-21(32)15-20)34-35-31(37)44-18-28(39)38-25(23-9-6-10-26(42-3)29(23)43-4)16-24(36-38)19-11-13-22(41-2)14-12-19/h5-15,25H,16-18H2,1-4H3,(H,33,40)/t25-/m0/s1. The predicted octanol–water partition coefficient (Wildman–Crippen LogP) is 4.38. The molecule has 13 heteroatoms. The van der Waals surface area contributed by atoms with Crippen LogP contribution in [0.3, 0.4) is 0 Å². The van der Waals surface area contributed by atoms with Crippen molar-refractivity contribution in [1.82, 2.24) is 25.1 Å². The number of thioether (sulfide) groups is 1. The highest BCUT2D eigenvalue weighted by Gasteiger charge is 2.35. The van der Waals surface area contributed by atoms with Gasteiger partial charge in [-0.2, -0.15) is 5.10 Å². The third kappa shape index (κ3) is 6.52. The van der Waals surface area contributed by atoms with Crippen molar-refractivity contribution in [3.05, 3.63) is 95.1 Å². The van der Waals surface area contributed by atoms with E-state index in [0.29, 0.717) is 28.9 Å². The molecule has 0 bridgehead atoms. The summed E-state index contributed by atoms with van der Waals surface area (Å²) in [6, 6.07) is 18.1. The van der Waals surface area contributed by atoms with E-state index in [9.17, 15) is 14.0 Å². The molecule has 228 valence electrons. The molecular weight excluding hydrogens is 587 g/mol. The first-order valence-corrected chi connectivity index (χ1v) is 14.6. The van der Waals surface area contributed by atoms with E-state index in [0.717, 1.165) is 28.7 Å². The van der Waals surface area contributed by atoms with Crippen LogP contribution in [0.4, 0.5) is 4.39 Å². The van der Waals surface area contributed by atoms with Gasteiger partial charge in [-0.1, -0.05) is 30.0 Å². The van der Waals surface area contributed by atoms with Gasteiger partial charge < -0.3 is 24.1 Å². The highest BCUT2D eigenvalue weighted by molar-refractivity contribution is 7.99. The van der Waals surface area contributed by atoms with Crippen molar-refractivity contribution < 1.29 is 28.2 Å². The van der Waals surface area contributed by atoms with E-state index in [4.69, 9.17) is 19.3 Å². The van der Waals surface area contributed by atoms with Crippen molar-refractivity contribution in [2.24, 2.45) is 12.1 Å². The molecule has 44 heavy (non-hydrogen) atoms. The van der Waals surface area contributed by atoms with Gasteiger partial charge in [-0.25, -0.2) is 9.40 Å². The molecule has 2 amide bonds. The number of rotatable bonds is 11. The molecule has 1 aliphatic heterocycles. The van der Waals surface area contributed by atoms with Gasteiger partial charge in [0.05, 0.1) is 45.4 Å². The summed E-state index contributed by atoms with van der Waals surface area (Å²) in [5, 5.41) is 17.8. The minimum atomic E-state index is -0.495. The number of ether oxygens (including phenoxy) is 3. The van der Waals surface area contributed by atoms with E-state index >= 15 is 0 Å². The highest BCUT2D eigenvalue weighted by Crippen LogP contribution is 2.42. The maximum atomic E-state index is 13.7. The molecule has 0 fully saturated rings. The quantitative estimate of drug-likeness (QED) is 0.246. The smallest absolute Gasteiger partial charge is 0.253 e. The Hall–Kier alpha value is -4.91. The third-order valence-electron chi connectivity index (χ3n) is 7.13. The molecule has 1 N–H and O–H groups in total. The first kappa shape index (κ1) is 30.5. The van der Waals surface area contributed by atoms with Gasteiger partial charge in [-0.3, -0.25) is 9.59 Å². The van der Waals surface area contributed by atoms with Crippen LogP contribution in [0.15, 0.2) is 77.0 Å². The summed E-state index contributed by atoms with van der Waals surface area (Å²) in [5.41, 5.74) is 2.59. The van der Waals surface area contributed by atoms with Crippen LogP contribution in [-0.4, -0.2) is 64.4 Å². The van der Waals surface area contributed by atoms with E-state index in [-0.39, 0.29) is 23.8 Å². The summed E-state index contributed by atoms with van der Waals surface area (Å²) in [5.74, 6) is 1.15. The van der Waals surface area contributed by atoms with Crippen LogP contribution in [-0.2, 0) is 18.4 Å². The van der Waals surface area contributed by atoms with E-state index in [1.165, 1.54) is 35.0 Å². The number of carbonyl (C=O) groups is 2. The Morgan fingerprint density at radius 3 is 2.48 bits per heavy atom. The molecule has 3 aromatic carbocycles. The fourth-order valence-corrected chi connectivity index (χ4v) is 5.61. The van der Waals surface area contributed by atoms with Crippen LogP contribution in [0.5, 0.6) is 17.2 Å². The highest BCUT2D eigenvalue weighted by atomic mass is 32.2. The third-order valence-corrected chi connectivity index (χ3v) is 8.13. The maximum absolute atomic E-state index is 13.7. The molecule has 0 spiro atoms. The van der Waals surface area contributed by atoms with Gasteiger partial charge in [0.15, 0.2) is 22.5 Å². The number of hydrogen-bond acceptors (Lipinski definition) is 9. The van der Waals surface area contributed by atoms with Crippen LogP contribution < -0.4 is 19.5 Å². The van der Waals surface area contributed by atoms with Crippen molar-refractivity contribution in [2.75, 3.05) is 27.1 Å². The van der Waals surface area contributed by atoms with E-state index in [1.807, 2.05) is 36.4 Å². The Balaban J connectivity index is 1.32. The Labute approximate surface area is 258 Å². The van der Waals surface area contributed by atoms with Crippen LogP contribution in [0.2, 0.25) is 0 Å². The van der Waals surface area contributed by atoms with Gasteiger partial charge in [0.1, 0.15) is 11.6 Å². The van der Waals surface area contributed by atoms with E-state index in [1.54, 1.807) is 39.0 Å². The number of methoxy groups -OCH3 is 3. The number of hydrogen-bond donors (Lipinski definition) is 1. The number of nitrogens with one attached hydrogen (secondary N) is 1. The summed E-state index contributed by atoms with van der Waals surface area (Å²) < 4.78 is 31.7. The molecule has 2 heterocycles. The topological polar surface area (TPSA) is 120 Å². The zero-order valence-corrected chi connectivity index (χ0v) is 25.4. The molecule has 0 aliphatic carbocycles. The van der Waals surface area contributed by atoms with Crippen LogP contribution >= 0.6 is 11.8 Å². The van der Waals surface area contributed by atoms with Crippen LogP contribution in [0.1, 0.15) is 39.8 Å².